The maximum absolute atomic E-state index is 12.0. The molecule has 0 saturated heterocycles. The normalized spacial score (nSPS) is 10.5. The summed E-state index contributed by atoms with van der Waals surface area (Å²) >= 11 is 1.39. The zero-order chi connectivity index (χ0) is 14.7. The molecule has 3 rings (SSSR count). The number of carbonyl (C=O) groups is 1. The van der Waals surface area contributed by atoms with Crippen molar-refractivity contribution >= 4 is 22.4 Å². The van der Waals surface area contributed by atoms with Gasteiger partial charge < -0.3 is 5.32 Å². The SMILES string of the molecule is Cc1csc(NC(=O)Cn2nnnc2-c2ccccc2)n1. The summed E-state index contributed by atoms with van der Waals surface area (Å²) < 4.78 is 1.46. The average Bonchev–Trinajstić information content (AvgIpc) is 3.09. The number of hydrogen-bond donors (Lipinski definition) is 1. The van der Waals surface area contributed by atoms with E-state index in [0.29, 0.717) is 11.0 Å². The second-order valence-electron chi connectivity index (χ2n) is 4.37. The van der Waals surface area contributed by atoms with E-state index in [0.717, 1.165) is 11.3 Å². The Morgan fingerprint density at radius 1 is 1.33 bits per heavy atom. The molecule has 8 heteroatoms. The number of rotatable bonds is 4. The van der Waals surface area contributed by atoms with Crippen LogP contribution < -0.4 is 5.32 Å². The number of anilines is 1. The standard InChI is InChI=1S/C13H12N6OS/c1-9-8-21-13(14-9)15-11(20)7-19-12(16-17-18-19)10-5-3-2-4-6-10/h2-6,8H,7H2,1H3,(H,14,15,20). The summed E-state index contributed by atoms with van der Waals surface area (Å²) in [5.41, 5.74) is 1.74. The van der Waals surface area contributed by atoms with Crippen LogP contribution in [0, 0.1) is 6.92 Å². The third-order valence-corrected chi connectivity index (χ3v) is 3.60. The molecule has 1 aromatic carbocycles. The summed E-state index contributed by atoms with van der Waals surface area (Å²) in [6.45, 7) is 1.91. The van der Waals surface area contributed by atoms with Gasteiger partial charge in [-0.05, 0) is 17.4 Å². The van der Waals surface area contributed by atoms with Crippen LogP contribution in [0.25, 0.3) is 11.4 Å². The highest BCUT2D eigenvalue weighted by Crippen LogP contribution is 2.16. The fourth-order valence-corrected chi connectivity index (χ4v) is 2.52. The van der Waals surface area contributed by atoms with Crippen molar-refractivity contribution in [3.8, 4) is 11.4 Å². The van der Waals surface area contributed by atoms with Crippen LogP contribution in [-0.2, 0) is 11.3 Å². The first-order chi connectivity index (χ1) is 10.2. The van der Waals surface area contributed by atoms with E-state index < -0.39 is 0 Å². The van der Waals surface area contributed by atoms with Crippen LogP contribution in [-0.4, -0.2) is 31.1 Å². The van der Waals surface area contributed by atoms with Crippen molar-refractivity contribution in [2.45, 2.75) is 13.5 Å². The number of tetrazole rings is 1. The Hall–Kier alpha value is -2.61. The van der Waals surface area contributed by atoms with Gasteiger partial charge in [-0.25, -0.2) is 9.67 Å². The van der Waals surface area contributed by atoms with Crippen LogP contribution in [0.2, 0.25) is 0 Å². The minimum Gasteiger partial charge on any atom is -0.300 e. The van der Waals surface area contributed by atoms with Crippen molar-refractivity contribution < 1.29 is 4.79 Å². The smallest absolute Gasteiger partial charge is 0.248 e. The zero-order valence-electron chi connectivity index (χ0n) is 11.2. The molecule has 0 fully saturated rings. The van der Waals surface area contributed by atoms with E-state index in [1.807, 2.05) is 42.6 Å². The summed E-state index contributed by atoms with van der Waals surface area (Å²) in [7, 11) is 0. The molecule has 2 aromatic heterocycles. The van der Waals surface area contributed by atoms with E-state index in [4.69, 9.17) is 0 Å². The quantitative estimate of drug-likeness (QED) is 0.793. The molecule has 1 amide bonds. The third-order valence-electron chi connectivity index (χ3n) is 2.72. The number of nitrogens with one attached hydrogen (secondary N) is 1. The lowest BCUT2D eigenvalue weighted by atomic mass is 10.2. The zero-order valence-corrected chi connectivity index (χ0v) is 12.0. The molecule has 7 nitrogen and oxygen atoms in total. The van der Waals surface area contributed by atoms with Gasteiger partial charge in [-0.3, -0.25) is 4.79 Å². The highest BCUT2D eigenvalue weighted by Gasteiger charge is 2.13. The maximum atomic E-state index is 12.0. The Labute approximate surface area is 124 Å². The maximum Gasteiger partial charge on any atom is 0.248 e. The van der Waals surface area contributed by atoms with Gasteiger partial charge in [-0.2, -0.15) is 0 Å². The predicted octanol–water partition coefficient (Wildman–Crippen LogP) is 1.74. The van der Waals surface area contributed by atoms with Crippen LogP contribution in [0.5, 0.6) is 0 Å². The molecular formula is C13H12N6OS. The number of hydrogen-bond acceptors (Lipinski definition) is 6. The second kappa shape index (κ2) is 5.80. The van der Waals surface area contributed by atoms with Crippen LogP contribution in [0.15, 0.2) is 35.7 Å². The Balaban J connectivity index is 1.74. The van der Waals surface area contributed by atoms with Gasteiger partial charge in [0.1, 0.15) is 6.54 Å². The van der Waals surface area contributed by atoms with Crippen molar-refractivity contribution in [2.75, 3.05) is 5.32 Å². The second-order valence-corrected chi connectivity index (χ2v) is 5.23. The summed E-state index contributed by atoms with van der Waals surface area (Å²) in [5.74, 6) is 0.343. The molecule has 0 saturated carbocycles. The van der Waals surface area contributed by atoms with Crippen molar-refractivity contribution in [1.82, 2.24) is 25.2 Å². The van der Waals surface area contributed by atoms with Gasteiger partial charge in [0.2, 0.25) is 5.91 Å². The summed E-state index contributed by atoms with van der Waals surface area (Å²) in [6.07, 6.45) is 0. The third kappa shape index (κ3) is 3.11. The highest BCUT2D eigenvalue weighted by atomic mass is 32.1. The van der Waals surface area contributed by atoms with Crippen LogP contribution >= 0.6 is 11.3 Å². The van der Waals surface area contributed by atoms with Crippen molar-refractivity contribution in [2.24, 2.45) is 0 Å². The average molecular weight is 300 g/mol. The van der Waals surface area contributed by atoms with Gasteiger partial charge in [-0.1, -0.05) is 30.3 Å². The number of aromatic nitrogens is 5. The molecule has 0 radical (unpaired) electrons. The van der Waals surface area contributed by atoms with E-state index in [9.17, 15) is 4.79 Å². The van der Waals surface area contributed by atoms with Crippen LogP contribution in [0.1, 0.15) is 5.69 Å². The molecule has 0 aliphatic rings. The van der Waals surface area contributed by atoms with Gasteiger partial charge in [-0.15, -0.1) is 16.4 Å². The summed E-state index contributed by atoms with van der Waals surface area (Å²) in [6, 6.07) is 9.49. The molecule has 0 spiro atoms. The molecule has 0 bridgehead atoms. The molecule has 0 aliphatic carbocycles. The number of benzene rings is 1. The molecule has 0 atom stereocenters. The fourth-order valence-electron chi connectivity index (χ4n) is 1.81. The first-order valence-corrected chi connectivity index (χ1v) is 7.14. The van der Waals surface area contributed by atoms with Gasteiger partial charge in [0.05, 0.1) is 5.69 Å². The first kappa shape index (κ1) is 13.4. The summed E-state index contributed by atoms with van der Waals surface area (Å²) in [5, 5.41) is 16.6. The Bertz CT molecular complexity index is 751. The van der Waals surface area contributed by atoms with Gasteiger partial charge in [0, 0.05) is 10.9 Å². The van der Waals surface area contributed by atoms with Crippen molar-refractivity contribution in [3.05, 3.63) is 41.4 Å². The lowest BCUT2D eigenvalue weighted by Crippen LogP contribution is -2.20. The van der Waals surface area contributed by atoms with E-state index in [1.54, 1.807) is 0 Å². The Morgan fingerprint density at radius 2 is 2.14 bits per heavy atom. The number of nitrogens with zero attached hydrogens (tertiary/aromatic N) is 5. The largest absolute Gasteiger partial charge is 0.300 e. The minimum absolute atomic E-state index is 0.0376. The van der Waals surface area contributed by atoms with Crippen molar-refractivity contribution in [1.29, 1.82) is 0 Å². The number of carbonyl (C=O) groups excluding carboxylic acids is 1. The number of amides is 1. The lowest BCUT2D eigenvalue weighted by Gasteiger charge is -2.04. The van der Waals surface area contributed by atoms with Gasteiger partial charge in [0.25, 0.3) is 0 Å². The van der Waals surface area contributed by atoms with E-state index in [1.165, 1.54) is 16.0 Å². The molecule has 106 valence electrons. The fraction of sp³-hybridized carbons (Fsp3) is 0.154. The van der Waals surface area contributed by atoms with Gasteiger partial charge >= 0.3 is 0 Å². The predicted molar refractivity (Wildman–Crippen MR) is 78.7 cm³/mol. The monoisotopic (exact) mass is 300 g/mol. The minimum atomic E-state index is -0.214. The number of aryl methyl sites for hydroxylation is 1. The Morgan fingerprint density at radius 3 is 2.86 bits per heavy atom. The van der Waals surface area contributed by atoms with Gasteiger partial charge in [0.15, 0.2) is 11.0 Å². The molecule has 3 aromatic rings. The van der Waals surface area contributed by atoms with E-state index >= 15 is 0 Å². The van der Waals surface area contributed by atoms with Crippen LogP contribution in [0.3, 0.4) is 0 Å². The Kier molecular flexibility index (Phi) is 3.69. The summed E-state index contributed by atoms with van der Waals surface area (Å²) in [4.78, 5) is 16.2. The highest BCUT2D eigenvalue weighted by molar-refractivity contribution is 7.13. The molecule has 1 N–H and O–H groups in total. The number of thiazole rings is 1. The van der Waals surface area contributed by atoms with E-state index in [-0.39, 0.29) is 12.5 Å². The first-order valence-electron chi connectivity index (χ1n) is 6.26. The topological polar surface area (TPSA) is 85.6 Å². The van der Waals surface area contributed by atoms with Crippen molar-refractivity contribution in [3.63, 3.8) is 0 Å². The molecular weight excluding hydrogens is 288 g/mol. The van der Waals surface area contributed by atoms with Crippen LogP contribution in [0.4, 0.5) is 5.13 Å². The molecule has 21 heavy (non-hydrogen) atoms. The molecule has 0 unspecified atom stereocenters. The molecule has 0 aliphatic heterocycles. The lowest BCUT2D eigenvalue weighted by molar-refractivity contribution is -0.116. The van der Waals surface area contributed by atoms with E-state index in [2.05, 4.69) is 25.8 Å². The molecule has 2 heterocycles.